The molecule has 0 aliphatic heterocycles. The van der Waals surface area contributed by atoms with Crippen molar-refractivity contribution in [2.75, 3.05) is 5.32 Å². The van der Waals surface area contributed by atoms with Gasteiger partial charge in [-0.05, 0) is 42.8 Å². The molecule has 0 spiro atoms. The Bertz CT molecular complexity index is 1750. The summed E-state index contributed by atoms with van der Waals surface area (Å²) in [7, 11) is 0. The van der Waals surface area contributed by atoms with Crippen molar-refractivity contribution in [3.63, 3.8) is 0 Å². The van der Waals surface area contributed by atoms with Crippen LogP contribution in [-0.4, -0.2) is 36.0 Å². The molecule has 6 aromatic rings. The third-order valence-electron chi connectivity index (χ3n) is 6.06. The van der Waals surface area contributed by atoms with Crippen molar-refractivity contribution in [3.05, 3.63) is 65.3 Å². The standard InChI is InChI=1S/C27H22ClN7OS/c1-2-3-7-23(36)30-16-12-15(13-29-14-16)18-8-9-20-25(31-18)26(35-34-20)27-32-19-6-4-5-17(24(19)33-27)21-10-11-22(28)37-21/h4-6,8-14H,2-3,7H2,1H3,(H,30,36)(H,32,33)(H,34,35). The summed E-state index contributed by atoms with van der Waals surface area (Å²) in [5.41, 5.74) is 7.03. The second-order valence-corrected chi connectivity index (χ2v) is 10.4. The number of rotatable bonds is 7. The Morgan fingerprint density at radius 1 is 1.05 bits per heavy atom. The summed E-state index contributed by atoms with van der Waals surface area (Å²) >= 11 is 7.69. The molecular weight excluding hydrogens is 506 g/mol. The van der Waals surface area contributed by atoms with Crippen LogP contribution in [-0.2, 0) is 4.79 Å². The number of halogens is 1. The lowest BCUT2D eigenvalue weighted by Crippen LogP contribution is -2.11. The Morgan fingerprint density at radius 3 is 2.81 bits per heavy atom. The van der Waals surface area contributed by atoms with Gasteiger partial charge in [-0.3, -0.25) is 14.9 Å². The van der Waals surface area contributed by atoms with Crippen LogP contribution < -0.4 is 5.32 Å². The highest BCUT2D eigenvalue weighted by molar-refractivity contribution is 7.19. The number of unbranched alkanes of at least 4 members (excludes halogenated alkanes) is 1. The maximum atomic E-state index is 12.2. The molecule has 37 heavy (non-hydrogen) atoms. The Morgan fingerprint density at radius 2 is 1.97 bits per heavy atom. The fourth-order valence-electron chi connectivity index (χ4n) is 4.24. The van der Waals surface area contributed by atoms with E-state index in [-0.39, 0.29) is 5.91 Å². The number of fused-ring (bicyclic) bond motifs is 2. The van der Waals surface area contributed by atoms with E-state index in [1.165, 1.54) is 11.3 Å². The third kappa shape index (κ3) is 4.59. The highest BCUT2D eigenvalue weighted by Gasteiger charge is 2.17. The summed E-state index contributed by atoms with van der Waals surface area (Å²) in [5.74, 6) is 0.603. The zero-order chi connectivity index (χ0) is 25.4. The number of nitrogens with one attached hydrogen (secondary N) is 3. The average Bonchev–Trinajstić information content (AvgIpc) is 3.64. The predicted molar refractivity (Wildman–Crippen MR) is 149 cm³/mol. The van der Waals surface area contributed by atoms with Gasteiger partial charge in [-0.15, -0.1) is 11.3 Å². The molecule has 0 aliphatic rings. The van der Waals surface area contributed by atoms with E-state index in [0.717, 1.165) is 55.4 Å². The highest BCUT2D eigenvalue weighted by Crippen LogP contribution is 2.36. The minimum atomic E-state index is -0.0181. The van der Waals surface area contributed by atoms with Gasteiger partial charge in [0, 0.05) is 28.6 Å². The zero-order valence-electron chi connectivity index (χ0n) is 19.9. The lowest BCUT2D eigenvalue weighted by atomic mass is 10.1. The first kappa shape index (κ1) is 23.3. The summed E-state index contributed by atoms with van der Waals surface area (Å²) < 4.78 is 0.733. The van der Waals surface area contributed by atoms with Gasteiger partial charge in [0.25, 0.3) is 0 Å². The predicted octanol–water partition coefficient (Wildman–Crippen LogP) is 7.07. The summed E-state index contributed by atoms with van der Waals surface area (Å²) in [4.78, 5) is 30.7. The average molecular weight is 528 g/mol. The normalized spacial score (nSPS) is 11.4. The molecule has 0 bridgehead atoms. The quantitative estimate of drug-likeness (QED) is 0.205. The van der Waals surface area contributed by atoms with Gasteiger partial charge < -0.3 is 10.3 Å². The maximum Gasteiger partial charge on any atom is 0.224 e. The molecule has 10 heteroatoms. The van der Waals surface area contributed by atoms with E-state index in [2.05, 4.69) is 32.4 Å². The van der Waals surface area contributed by atoms with Crippen LogP contribution in [0.5, 0.6) is 0 Å². The van der Waals surface area contributed by atoms with Crippen LogP contribution in [0.3, 0.4) is 0 Å². The lowest BCUT2D eigenvalue weighted by Gasteiger charge is -2.07. The van der Waals surface area contributed by atoms with Gasteiger partial charge >= 0.3 is 0 Å². The van der Waals surface area contributed by atoms with Gasteiger partial charge in [0.15, 0.2) is 11.5 Å². The van der Waals surface area contributed by atoms with E-state index in [9.17, 15) is 4.79 Å². The van der Waals surface area contributed by atoms with Crippen molar-refractivity contribution in [2.45, 2.75) is 26.2 Å². The molecular formula is C27H22ClN7OS. The minimum Gasteiger partial charge on any atom is -0.336 e. The fourth-order valence-corrected chi connectivity index (χ4v) is 5.31. The van der Waals surface area contributed by atoms with E-state index >= 15 is 0 Å². The van der Waals surface area contributed by atoms with Gasteiger partial charge in [-0.2, -0.15) is 5.10 Å². The van der Waals surface area contributed by atoms with Crippen molar-refractivity contribution >= 4 is 56.6 Å². The number of pyridine rings is 2. The number of nitrogens with zero attached hydrogens (tertiary/aromatic N) is 4. The number of hydrogen-bond donors (Lipinski definition) is 3. The Balaban J connectivity index is 1.37. The first-order valence-corrected chi connectivity index (χ1v) is 13.1. The highest BCUT2D eigenvalue weighted by atomic mass is 35.5. The van der Waals surface area contributed by atoms with Crippen LogP contribution in [0.1, 0.15) is 26.2 Å². The first-order chi connectivity index (χ1) is 18.1. The smallest absolute Gasteiger partial charge is 0.224 e. The van der Waals surface area contributed by atoms with Crippen LogP contribution in [0.2, 0.25) is 4.34 Å². The van der Waals surface area contributed by atoms with E-state index in [1.54, 1.807) is 12.4 Å². The fraction of sp³-hybridized carbons (Fsp3) is 0.148. The van der Waals surface area contributed by atoms with E-state index in [1.807, 2.05) is 48.5 Å². The Hall–Kier alpha value is -4.08. The number of aromatic amines is 2. The van der Waals surface area contributed by atoms with Crippen LogP contribution in [0.25, 0.3) is 55.3 Å². The summed E-state index contributed by atoms with van der Waals surface area (Å²) in [6.45, 7) is 2.06. The molecule has 0 aliphatic carbocycles. The molecule has 0 saturated heterocycles. The number of anilines is 1. The SMILES string of the molecule is CCCCC(=O)Nc1cncc(-c2ccc3[nH]nc(-c4nc5c(-c6ccc(Cl)s6)cccc5[nH]4)c3n2)c1. The van der Waals surface area contributed by atoms with E-state index in [4.69, 9.17) is 21.6 Å². The first-order valence-electron chi connectivity index (χ1n) is 11.9. The molecule has 184 valence electrons. The third-order valence-corrected chi connectivity index (χ3v) is 7.32. The molecule has 6 rings (SSSR count). The lowest BCUT2D eigenvalue weighted by molar-refractivity contribution is -0.116. The van der Waals surface area contributed by atoms with Crippen LogP contribution in [0, 0.1) is 0 Å². The number of hydrogen-bond acceptors (Lipinski definition) is 6. The number of aromatic nitrogens is 6. The van der Waals surface area contributed by atoms with Gasteiger partial charge in [-0.25, -0.2) is 9.97 Å². The largest absolute Gasteiger partial charge is 0.336 e. The zero-order valence-corrected chi connectivity index (χ0v) is 21.5. The molecule has 0 saturated carbocycles. The Kier molecular flexibility index (Phi) is 6.15. The Labute approximate surface area is 221 Å². The number of H-pyrrole nitrogens is 2. The molecule has 8 nitrogen and oxygen atoms in total. The van der Waals surface area contributed by atoms with Gasteiger partial charge in [0.05, 0.1) is 38.5 Å². The van der Waals surface area contributed by atoms with Crippen molar-refractivity contribution in [2.24, 2.45) is 0 Å². The molecule has 5 aromatic heterocycles. The summed E-state index contributed by atoms with van der Waals surface area (Å²) in [6, 6.07) is 15.6. The summed E-state index contributed by atoms with van der Waals surface area (Å²) in [5, 5.41) is 10.5. The minimum absolute atomic E-state index is 0.0181. The van der Waals surface area contributed by atoms with Crippen molar-refractivity contribution in [3.8, 4) is 33.2 Å². The van der Waals surface area contributed by atoms with E-state index in [0.29, 0.717) is 29.1 Å². The van der Waals surface area contributed by atoms with Crippen LogP contribution >= 0.6 is 22.9 Å². The van der Waals surface area contributed by atoms with Crippen LogP contribution in [0.15, 0.2) is 60.9 Å². The molecule has 0 atom stereocenters. The monoisotopic (exact) mass is 527 g/mol. The van der Waals surface area contributed by atoms with Crippen LogP contribution in [0.4, 0.5) is 5.69 Å². The second kappa shape index (κ2) is 9.76. The number of amides is 1. The van der Waals surface area contributed by atoms with Crippen molar-refractivity contribution in [1.29, 1.82) is 0 Å². The molecule has 0 unspecified atom stereocenters. The molecule has 5 heterocycles. The topological polar surface area (TPSA) is 112 Å². The summed E-state index contributed by atoms with van der Waals surface area (Å²) in [6.07, 6.45) is 5.68. The number of carbonyl (C=O) groups is 1. The van der Waals surface area contributed by atoms with Gasteiger partial charge in [0.2, 0.25) is 5.91 Å². The van der Waals surface area contributed by atoms with Crippen molar-refractivity contribution < 1.29 is 4.79 Å². The molecule has 1 amide bonds. The number of thiophene rings is 1. The maximum absolute atomic E-state index is 12.2. The van der Waals surface area contributed by atoms with Gasteiger partial charge in [-0.1, -0.05) is 37.1 Å². The number of benzene rings is 1. The van der Waals surface area contributed by atoms with E-state index < -0.39 is 0 Å². The van der Waals surface area contributed by atoms with Gasteiger partial charge in [0.1, 0.15) is 5.52 Å². The molecule has 0 radical (unpaired) electrons. The molecule has 3 N–H and O–H groups in total. The number of carbonyl (C=O) groups excluding carboxylic acids is 1. The second-order valence-electron chi connectivity index (χ2n) is 8.67. The number of para-hydroxylation sites is 1. The van der Waals surface area contributed by atoms with Crippen molar-refractivity contribution in [1.82, 2.24) is 30.1 Å². The number of imidazole rings is 1. The molecule has 1 aromatic carbocycles. The molecule has 0 fully saturated rings.